The first-order valence-corrected chi connectivity index (χ1v) is 6.04. The van der Waals surface area contributed by atoms with E-state index in [1.54, 1.807) is 12.1 Å². The van der Waals surface area contributed by atoms with Gasteiger partial charge in [-0.3, -0.25) is 4.79 Å². The van der Waals surface area contributed by atoms with Crippen molar-refractivity contribution in [1.82, 2.24) is 4.90 Å². The van der Waals surface area contributed by atoms with Crippen LogP contribution in [0.4, 0.5) is 0 Å². The number of nitrogens with zero attached hydrogens (tertiary/aromatic N) is 3. The molecule has 6 heteroatoms. The first-order valence-electron chi connectivity index (χ1n) is 4.58. The number of carbonyl (C=O) groups excluding carboxylic acids is 1. The van der Waals surface area contributed by atoms with Crippen molar-refractivity contribution < 1.29 is 4.79 Å². The molecule has 0 aromatic heterocycles. The van der Waals surface area contributed by atoms with Crippen molar-refractivity contribution in [1.29, 1.82) is 10.5 Å². The molecule has 0 fully saturated rings. The van der Waals surface area contributed by atoms with Gasteiger partial charge in [0, 0.05) is 9.13 Å². The molecule has 0 N–H and O–H groups in total. The normalized spacial score (nSPS) is 9.18. The first-order chi connectivity index (χ1) is 8.10. The topological polar surface area (TPSA) is 67.9 Å². The summed E-state index contributed by atoms with van der Waals surface area (Å²) < 4.78 is 0.841. The van der Waals surface area contributed by atoms with E-state index in [2.05, 4.69) is 22.6 Å². The molecule has 0 aliphatic carbocycles. The summed E-state index contributed by atoms with van der Waals surface area (Å²) in [6.45, 7) is -0.230. The molecule has 1 amide bonds. The molecule has 0 radical (unpaired) electrons. The number of carbonyl (C=O) groups is 1. The lowest BCUT2D eigenvalue weighted by Gasteiger charge is -2.15. The molecule has 0 unspecified atom stereocenters. The van der Waals surface area contributed by atoms with Crippen LogP contribution in [0, 0.1) is 26.2 Å². The van der Waals surface area contributed by atoms with Crippen molar-refractivity contribution in [2.24, 2.45) is 0 Å². The van der Waals surface area contributed by atoms with Gasteiger partial charge in [0.15, 0.2) is 0 Å². The van der Waals surface area contributed by atoms with E-state index in [4.69, 9.17) is 22.1 Å². The summed E-state index contributed by atoms with van der Waals surface area (Å²) in [5.74, 6) is -0.369. The molecule has 0 saturated carbocycles. The Balaban J connectivity index is 2.98. The Morgan fingerprint density at radius 1 is 1.35 bits per heavy atom. The lowest BCUT2D eigenvalue weighted by molar-refractivity contribution is 0.0794. The molecule has 86 valence electrons. The van der Waals surface area contributed by atoms with Gasteiger partial charge >= 0.3 is 0 Å². The van der Waals surface area contributed by atoms with Gasteiger partial charge in [-0.2, -0.15) is 10.5 Å². The van der Waals surface area contributed by atoms with Crippen LogP contribution in [-0.4, -0.2) is 23.9 Å². The van der Waals surface area contributed by atoms with Crippen LogP contribution < -0.4 is 0 Å². The van der Waals surface area contributed by atoms with E-state index in [1.165, 1.54) is 11.0 Å². The molecule has 1 aromatic rings. The summed E-state index contributed by atoms with van der Waals surface area (Å²) in [5.41, 5.74) is 0.376. The standard InChI is InChI=1S/C11H7ClIN3O/c12-9-7-8(1-2-10(9)13)11(17)16(5-3-14)6-4-15/h1-2,7H,5-6H2. The van der Waals surface area contributed by atoms with Crippen LogP contribution in [0.25, 0.3) is 0 Å². The zero-order valence-electron chi connectivity index (χ0n) is 8.65. The number of rotatable bonds is 3. The monoisotopic (exact) mass is 359 g/mol. The quantitative estimate of drug-likeness (QED) is 0.615. The van der Waals surface area contributed by atoms with Crippen LogP contribution in [0.15, 0.2) is 18.2 Å². The molecule has 0 spiro atoms. The van der Waals surface area contributed by atoms with E-state index in [0.717, 1.165) is 3.57 Å². The number of halogens is 2. The second kappa shape index (κ2) is 6.43. The van der Waals surface area contributed by atoms with Gasteiger partial charge in [0.1, 0.15) is 13.1 Å². The highest BCUT2D eigenvalue weighted by molar-refractivity contribution is 14.1. The van der Waals surface area contributed by atoms with Crippen molar-refractivity contribution >= 4 is 40.1 Å². The Morgan fingerprint density at radius 3 is 2.41 bits per heavy atom. The van der Waals surface area contributed by atoms with Crippen molar-refractivity contribution in [3.05, 3.63) is 32.4 Å². The molecule has 0 saturated heterocycles. The van der Waals surface area contributed by atoms with Crippen LogP contribution in [0.3, 0.4) is 0 Å². The Morgan fingerprint density at radius 2 is 1.94 bits per heavy atom. The molecule has 4 nitrogen and oxygen atoms in total. The zero-order valence-corrected chi connectivity index (χ0v) is 11.6. The Hall–Kier alpha value is -1.31. The summed E-state index contributed by atoms with van der Waals surface area (Å²) in [6, 6.07) is 8.57. The number of amides is 1. The Kier molecular flexibility index (Phi) is 5.20. The van der Waals surface area contributed by atoms with Gasteiger partial charge in [-0.05, 0) is 40.8 Å². The molecule has 1 rings (SSSR count). The third-order valence-corrected chi connectivity index (χ3v) is 3.55. The van der Waals surface area contributed by atoms with Gasteiger partial charge in [-0.1, -0.05) is 11.6 Å². The predicted molar refractivity (Wildman–Crippen MR) is 71.3 cm³/mol. The van der Waals surface area contributed by atoms with Gasteiger partial charge in [-0.15, -0.1) is 0 Å². The molecule has 0 heterocycles. The summed E-state index contributed by atoms with van der Waals surface area (Å²) in [7, 11) is 0. The maximum atomic E-state index is 12.0. The van der Waals surface area contributed by atoms with Crippen molar-refractivity contribution in [2.75, 3.05) is 13.1 Å². The number of nitriles is 2. The highest BCUT2D eigenvalue weighted by atomic mass is 127. The molecule has 0 aliphatic heterocycles. The molecule has 1 aromatic carbocycles. The average Bonchev–Trinajstić information content (AvgIpc) is 2.31. The third-order valence-electron chi connectivity index (χ3n) is 1.98. The van der Waals surface area contributed by atoms with Crippen LogP contribution in [0.1, 0.15) is 10.4 Å². The number of hydrogen-bond acceptors (Lipinski definition) is 3. The van der Waals surface area contributed by atoms with Crippen LogP contribution in [0.5, 0.6) is 0 Å². The minimum Gasteiger partial charge on any atom is -0.312 e. The summed E-state index contributed by atoms with van der Waals surface area (Å²) >= 11 is 7.96. The summed E-state index contributed by atoms with van der Waals surface area (Å²) in [4.78, 5) is 13.1. The number of hydrogen-bond donors (Lipinski definition) is 0. The second-order valence-corrected chi connectivity index (χ2v) is 4.68. The highest BCUT2D eigenvalue weighted by Gasteiger charge is 2.15. The van der Waals surface area contributed by atoms with Crippen molar-refractivity contribution in [3.8, 4) is 12.1 Å². The van der Waals surface area contributed by atoms with E-state index in [1.807, 2.05) is 12.1 Å². The van der Waals surface area contributed by atoms with Crippen molar-refractivity contribution in [3.63, 3.8) is 0 Å². The summed E-state index contributed by atoms with van der Waals surface area (Å²) in [5, 5.41) is 17.6. The van der Waals surface area contributed by atoms with E-state index in [-0.39, 0.29) is 19.0 Å². The minimum absolute atomic E-state index is 0.115. The van der Waals surface area contributed by atoms with Crippen LogP contribution in [-0.2, 0) is 0 Å². The SMILES string of the molecule is N#CCN(CC#N)C(=O)c1ccc(I)c(Cl)c1. The fourth-order valence-electron chi connectivity index (χ4n) is 1.18. The second-order valence-electron chi connectivity index (χ2n) is 3.11. The number of benzene rings is 1. The average molecular weight is 360 g/mol. The first kappa shape index (κ1) is 13.8. The van der Waals surface area contributed by atoms with E-state index < -0.39 is 0 Å². The molecule has 17 heavy (non-hydrogen) atoms. The van der Waals surface area contributed by atoms with Gasteiger partial charge < -0.3 is 4.90 Å². The van der Waals surface area contributed by atoms with Crippen LogP contribution in [0.2, 0.25) is 5.02 Å². The van der Waals surface area contributed by atoms with E-state index in [0.29, 0.717) is 10.6 Å². The fourth-order valence-corrected chi connectivity index (χ4v) is 1.70. The lowest BCUT2D eigenvalue weighted by Crippen LogP contribution is -2.31. The van der Waals surface area contributed by atoms with Gasteiger partial charge in [0.05, 0.1) is 17.2 Å². The molecule has 0 aliphatic rings. The van der Waals surface area contributed by atoms with Gasteiger partial charge in [0.25, 0.3) is 5.91 Å². The van der Waals surface area contributed by atoms with E-state index in [9.17, 15) is 4.79 Å². The summed E-state index contributed by atoms with van der Waals surface area (Å²) in [6.07, 6.45) is 0. The minimum atomic E-state index is -0.369. The molecule has 0 atom stereocenters. The smallest absolute Gasteiger partial charge is 0.255 e. The van der Waals surface area contributed by atoms with Gasteiger partial charge in [0.2, 0.25) is 0 Å². The molecular weight excluding hydrogens is 352 g/mol. The lowest BCUT2D eigenvalue weighted by atomic mass is 10.2. The Labute approximate surface area is 118 Å². The van der Waals surface area contributed by atoms with E-state index >= 15 is 0 Å². The predicted octanol–water partition coefficient (Wildman–Crippen LogP) is 2.43. The molecule has 0 bridgehead atoms. The van der Waals surface area contributed by atoms with Crippen molar-refractivity contribution in [2.45, 2.75) is 0 Å². The van der Waals surface area contributed by atoms with Crippen LogP contribution >= 0.6 is 34.2 Å². The maximum Gasteiger partial charge on any atom is 0.255 e. The zero-order chi connectivity index (χ0) is 12.8. The molecular formula is C11H7ClIN3O. The fraction of sp³-hybridized carbons (Fsp3) is 0.182. The third kappa shape index (κ3) is 3.58. The Bertz CT molecular complexity index is 502. The largest absolute Gasteiger partial charge is 0.312 e. The highest BCUT2D eigenvalue weighted by Crippen LogP contribution is 2.20. The maximum absolute atomic E-state index is 12.0. The van der Waals surface area contributed by atoms with Gasteiger partial charge in [-0.25, -0.2) is 0 Å².